The van der Waals surface area contributed by atoms with Crippen LogP contribution in [0.4, 0.5) is 0 Å². The van der Waals surface area contributed by atoms with E-state index in [1.54, 1.807) is 11.9 Å². The highest BCUT2D eigenvalue weighted by atomic mass is 32.1. The number of rotatable bonds is 1. The van der Waals surface area contributed by atoms with E-state index in [4.69, 9.17) is 0 Å². The van der Waals surface area contributed by atoms with Gasteiger partial charge in [0.15, 0.2) is 0 Å². The molecule has 41 valence electrons. The lowest BCUT2D eigenvalue weighted by Gasteiger charge is -1.87. The van der Waals surface area contributed by atoms with E-state index in [0.717, 1.165) is 5.69 Å². The summed E-state index contributed by atoms with van der Waals surface area (Å²) in [6.07, 6.45) is 1.74. The molecule has 1 rings (SSSR count). The van der Waals surface area contributed by atoms with Gasteiger partial charge in [0.05, 0.1) is 11.4 Å². The summed E-state index contributed by atoms with van der Waals surface area (Å²) in [7, 11) is 0. The summed E-state index contributed by atoms with van der Waals surface area (Å²) in [5, 5.41) is 0. The van der Waals surface area contributed by atoms with Gasteiger partial charge in [-0.3, -0.25) is 4.98 Å². The molecular weight excluding hydrogens is 118 g/mol. The maximum atomic E-state index is 3.97. The Morgan fingerprint density at radius 2 is 2.38 bits per heavy atom. The summed E-state index contributed by atoms with van der Waals surface area (Å²) in [5.41, 5.74) is 0.899. The van der Waals surface area contributed by atoms with Crippen LogP contribution in [0.2, 0.25) is 0 Å². The van der Waals surface area contributed by atoms with Gasteiger partial charge in [-0.15, -0.1) is 0 Å². The molecular formula is C6H6NS. The van der Waals surface area contributed by atoms with Gasteiger partial charge in [-0.2, -0.15) is 12.6 Å². The molecule has 0 aliphatic carbocycles. The van der Waals surface area contributed by atoms with Crippen molar-refractivity contribution in [2.24, 2.45) is 0 Å². The van der Waals surface area contributed by atoms with E-state index in [1.807, 2.05) is 18.2 Å². The molecule has 0 bridgehead atoms. The third kappa shape index (κ3) is 1.23. The van der Waals surface area contributed by atoms with Gasteiger partial charge in [-0.05, 0) is 12.1 Å². The van der Waals surface area contributed by atoms with Gasteiger partial charge in [-0.25, -0.2) is 0 Å². The van der Waals surface area contributed by atoms with Crippen LogP contribution in [0.1, 0.15) is 5.69 Å². The summed E-state index contributed by atoms with van der Waals surface area (Å²) in [4.78, 5) is 3.97. The molecule has 0 spiro atoms. The standard InChI is InChI=1S/C6H6NS/c8-5-6-3-1-2-4-7-6/h1-5,8H. The second-order valence-electron chi connectivity index (χ2n) is 1.38. The highest BCUT2D eigenvalue weighted by molar-refractivity contribution is 7.82. The van der Waals surface area contributed by atoms with Gasteiger partial charge in [0.2, 0.25) is 0 Å². The van der Waals surface area contributed by atoms with Gasteiger partial charge < -0.3 is 0 Å². The fourth-order valence-electron chi connectivity index (χ4n) is 0.452. The van der Waals surface area contributed by atoms with Crippen LogP contribution >= 0.6 is 12.6 Å². The minimum Gasteiger partial charge on any atom is -0.260 e. The molecule has 0 aliphatic rings. The molecule has 1 heterocycles. The fraction of sp³-hybridized carbons (Fsp3) is 0. The second kappa shape index (κ2) is 2.72. The predicted octanol–water partition coefficient (Wildman–Crippen LogP) is 1.52. The Labute approximate surface area is 54.2 Å². The number of aromatic nitrogens is 1. The Morgan fingerprint density at radius 3 is 2.75 bits per heavy atom. The van der Waals surface area contributed by atoms with E-state index >= 15 is 0 Å². The minimum absolute atomic E-state index is 0.899. The average molecular weight is 124 g/mol. The first kappa shape index (κ1) is 5.63. The Balaban J connectivity index is 2.83. The highest BCUT2D eigenvalue weighted by Crippen LogP contribution is 1.97. The number of hydrogen-bond acceptors (Lipinski definition) is 2. The van der Waals surface area contributed by atoms with Crippen molar-refractivity contribution >= 4 is 12.6 Å². The van der Waals surface area contributed by atoms with E-state index < -0.39 is 0 Å². The molecule has 1 aromatic heterocycles. The molecule has 0 aliphatic heterocycles. The quantitative estimate of drug-likeness (QED) is 0.560. The third-order valence-corrected chi connectivity index (χ3v) is 1.08. The third-order valence-electron chi connectivity index (χ3n) is 0.820. The smallest absolute Gasteiger partial charge is 0.0612 e. The molecule has 0 aromatic carbocycles. The second-order valence-corrected chi connectivity index (χ2v) is 1.64. The summed E-state index contributed by atoms with van der Waals surface area (Å²) in [5.74, 6) is 1.67. The fourth-order valence-corrected chi connectivity index (χ4v) is 0.605. The molecule has 1 aromatic rings. The average Bonchev–Trinajstić information content (AvgIpc) is 1.90. The number of hydrogen-bond donors (Lipinski definition) is 1. The van der Waals surface area contributed by atoms with Crippen molar-refractivity contribution in [3.8, 4) is 0 Å². The van der Waals surface area contributed by atoms with Gasteiger partial charge in [0, 0.05) is 6.20 Å². The maximum absolute atomic E-state index is 3.97. The molecule has 0 saturated heterocycles. The normalized spacial score (nSPS) is 9.12. The molecule has 1 radical (unpaired) electrons. The van der Waals surface area contributed by atoms with Gasteiger partial charge >= 0.3 is 0 Å². The predicted molar refractivity (Wildman–Crippen MR) is 36.6 cm³/mol. The molecule has 0 atom stereocenters. The van der Waals surface area contributed by atoms with Crippen molar-refractivity contribution in [2.45, 2.75) is 0 Å². The molecule has 2 heteroatoms. The Morgan fingerprint density at radius 1 is 1.50 bits per heavy atom. The maximum Gasteiger partial charge on any atom is 0.0612 e. The first-order valence-corrected chi connectivity index (χ1v) is 2.83. The Kier molecular flexibility index (Phi) is 1.92. The number of thiol groups is 1. The van der Waals surface area contributed by atoms with Gasteiger partial charge in [-0.1, -0.05) is 6.07 Å². The van der Waals surface area contributed by atoms with Crippen LogP contribution in [0, 0.1) is 5.75 Å². The monoisotopic (exact) mass is 124 g/mol. The molecule has 0 N–H and O–H groups in total. The topological polar surface area (TPSA) is 12.9 Å². The molecule has 8 heavy (non-hydrogen) atoms. The minimum atomic E-state index is 0.899. The van der Waals surface area contributed by atoms with E-state index in [2.05, 4.69) is 17.6 Å². The van der Waals surface area contributed by atoms with Crippen LogP contribution in [0.15, 0.2) is 24.4 Å². The molecule has 1 nitrogen and oxygen atoms in total. The zero-order valence-corrected chi connectivity index (χ0v) is 5.18. The zero-order valence-electron chi connectivity index (χ0n) is 4.28. The van der Waals surface area contributed by atoms with E-state index in [1.165, 1.54) is 0 Å². The van der Waals surface area contributed by atoms with Crippen LogP contribution < -0.4 is 0 Å². The first-order chi connectivity index (χ1) is 3.93. The molecule has 0 unspecified atom stereocenters. The van der Waals surface area contributed by atoms with E-state index in [0.29, 0.717) is 0 Å². The lowest BCUT2D eigenvalue weighted by molar-refractivity contribution is 1.26. The molecule has 0 saturated carbocycles. The van der Waals surface area contributed by atoms with Crippen LogP contribution in [0.5, 0.6) is 0 Å². The molecule has 0 fully saturated rings. The van der Waals surface area contributed by atoms with E-state index in [9.17, 15) is 0 Å². The summed E-state index contributed by atoms with van der Waals surface area (Å²) < 4.78 is 0. The van der Waals surface area contributed by atoms with Gasteiger partial charge in [0.1, 0.15) is 0 Å². The van der Waals surface area contributed by atoms with Crippen molar-refractivity contribution in [3.63, 3.8) is 0 Å². The Hall–Kier alpha value is -0.500. The number of nitrogens with zero attached hydrogens (tertiary/aromatic N) is 1. The SMILES string of the molecule is S[CH]c1ccccn1. The van der Waals surface area contributed by atoms with Crippen molar-refractivity contribution in [1.29, 1.82) is 0 Å². The molecule has 0 amide bonds. The van der Waals surface area contributed by atoms with Crippen molar-refractivity contribution in [1.82, 2.24) is 4.98 Å². The van der Waals surface area contributed by atoms with Crippen LogP contribution in [-0.2, 0) is 0 Å². The summed E-state index contributed by atoms with van der Waals surface area (Å²) in [6.45, 7) is 0. The van der Waals surface area contributed by atoms with Crippen molar-refractivity contribution in [3.05, 3.63) is 35.8 Å². The van der Waals surface area contributed by atoms with Crippen LogP contribution in [-0.4, -0.2) is 4.98 Å². The van der Waals surface area contributed by atoms with Crippen LogP contribution in [0.3, 0.4) is 0 Å². The highest BCUT2D eigenvalue weighted by Gasteiger charge is 1.83. The number of pyridine rings is 1. The van der Waals surface area contributed by atoms with Gasteiger partial charge in [0.25, 0.3) is 0 Å². The first-order valence-electron chi connectivity index (χ1n) is 2.32. The Bertz CT molecular complexity index is 150. The van der Waals surface area contributed by atoms with E-state index in [-0.39, 0.29) is 0 Å². The lowest BCUT2D eigenvalue weighted by Crippen LogP contribution is -1.77. The largest absolute Gasteiger partial charge is 0.260 e. The van der Waals surface area contributed by atoms with Crippen molar-refractivity contribution in [2.75, 3.05) is 0 Å². The van der Waals surface area contributed by atoms with Crippen molar-refractivity contribution < 1.29 is 0 Å². The lowest BCUT2D eigenvalue weighted by atomic mass is 10.4. The summed E-state index contributed by atoms with van der Waals surface area (Å²) in [6, 6.07) is 5.70. The van der Waals surface area contributed by atoms with Crippen LogP contribution in [0.25, 0.3) is 0 Å². The summed E-state index contributed by atoms with van der Waals surface area (Å²) >= 11 is 3.92. The zero-order chi connectivity index (χ0) is 5.82.